The average Bonchev–Trinajstić information content (AvgIpc) is 2.88. The molecule has 3 rings (SSSR count). The van der Waals surface area contributed by atoms with E-state index in [-0.39, 0.29) is 12.1 Å². The number of hydrogen-bond acceptors (Lipinski definition) is 4. The summed E-state index contributed by atoms with van der Waals surface area (Å²) < 4.78 is 11.8. The summed E-state index contributed by atoms with van der Waals surface area (Å²) in [7, 11) is 0. The van der Waals surface area contributed by atoms with Gasteiger partial charge in [-0.1, -0.05) is 13.3 Å². The van der Waals surface area contributed by atoms with E-state index in [1.807, 2.05) is 11.8 Å². The van der Waals surface area contributed by atoms with Crippen LogP contribution in [0.3, 0.4) is 0 Å². The molecule has 120 valence electrons. The molecule has 5 heteroatoms. The van der Waals surface area contributed by atoms with E-state index in [4.69, 9.17) is 9.47 Å². The Bertz CT molecular complexity index is 380. The van der Waals surface area contributed by atoms with Crippen molar-refractivity contribution in [2.24, 2.45) is 0 Å². The Morgan fingerprint density at radius 2 is 2.00 bits per heavy atom. The molecule has 3 saturated heterocycles. The molecule has 0 N–H and O–H groups in total. The summed E-state index contributed by atoms with van der Waals surface area (Å²) in [5.41, 5.74) is 0. The molecule has 1 amide bonds. The molecule has 0 aromatic rings. The van der Waals surface area contributed by atoms with E-state index in [0.717, 1.165) is 45.4 Å². The first-order valence-electron chi connectivity index (χ1n) is 8.48. The summed E-state index contributed by atoms with van der Waals surface area (Å²) in [6, 6.07) is 0.0992. The number of likely N-dealkylation sites (N-methyl/N-ethyl adjacent to an activating group) is 1. The lowest BCUT2D eigenvalue weighted by Crippen LogP contribution is -2.55. The second-order valence-electron chi connectivity index (χ2n) is 6.62. The number of ether oxygens (including phenoxy) is 2. The van der Waals surface area contributed by atoms with E-state index >= 15 is 0 Å². The quantitative estimate of drug-likeness (QED) is 0.776. The van der Waals surface area contributed by atoms with Crippen LogP contribution in [0.2, 0.25) is 0 Å². The second kappa shape index (κ2) is 6.23. The molecule has 2 atom stereocenters. The predicted octanol–water partition coefficient (Wildman–Crippen LogP) is 1.61. The fourth-order valence-electron chi connectivity index (χ4n) is 3.89. The van der Waals surface area contributed by atoms with Gasteiger partial charge in [0.2, 0.25) is 5.91 Å². The maximum Gasteiger partial charge on any atom is 0.239 e. The van der Waals surface area contributed by atoms with Gasteiger partial charge in [-0.3, -0.25) is 9.69 Å². The highest BCUT2D eigenvalue weighted by Gasteiger charge is 2.44. The molecule has 0 radical (unpaired) electrons. The molecule has 0 unspecified atom stereocenters. The van der Waals surface area contributed by atoms with Crippen LogP contribution in [0.25, 0.3) is 0 Å². The normalized spacial score (nSPS) is 33.5. The van der Waals surface area contributed by atoms with E-state index in [2.05, 4.69) is 11.8 Å². The van der Waals surface area contributed by atoms with Crippen LogP contribution in [0.4, 0.5) is 0 Å². The third-order valence-corrected chi connectivity index (χ3v) is 5.14. The number of piperidine rings is 2. The van der Waals surface area contributed by atoms with Crippen molar-refractivity contribution in [3.8, 4) is 0 Å². The molecule has 3 fully saturated rings. The number of likely N-dealkylation sites (tertiary alicyclic amines) is 2. The first kappa shape index (κ1) is 15.3. The van der Waals surface area contributed by atoms with Gasteiger partial charge in [-0.05, 0) is 32.9 Å². The van der Waals surface area contributed by atoms with Crippen LogP contribution >= 0.6 is 0 Å². The Morgan fingerprint density at radius 1 is 1.24 bits per heavy atom. The van der Waals surface area contributed by atoms with Crippen molar-refractivity contribution in [1.29, 1.82) is 0 Å². The van der Waals surface area contributed by atoms with Crippen molar-refractivity contribution in [3.05, 3.63) is 0 Å². The molecule has 3 heterocycles. The van der Waals surface area contributed by atoms with Crippen LogP contribution in [0.5, 0.6) is 0 Å². The van der Waals surface area contributed by atoms with E-state index in [9.17, 15) is 4.79 Å². The number of hydrogen-bond donors (Lipinski definition) is 0. The molecule has 0 bridgehead atoms. The monoisotopic (exact) mass is 296 g/mol. The summed E-state index contributed by atoms with van der Waals surface area (Å²) >= 11 is 0. The molecule has 0 aromatic heterocycles. The average molecular weight is 296 g/mol. The highest BCUT2D eigenvalue weighted by atomic mass is 16.7. The van der Waals surface area contributed by atoms with Gasteiger partial charge in [0, 0.05) is 25.9 Å². The van der Waals surface area contributed by atoms with Crippen LogP contribution in [-0.2, 0) is 14.3 Å². The zero-order valence-corrected chi connectivity index (χ0v) is 13.3. The molecule has 0 aliphatic carbocycles. The zero-order valence-electron chi connectivity index (χ0n) is 13.3. The van der Waals surface area contributed by atoms with Crippen molar-refractivity contribution < 1.29 is 14.3 Å². The molecule has 21 heavy (non-hydrogen) atoms. The van der Waals surface area contributed by atoms with E-state index in [1.54, 1.807) is 0 Å². The van der Waals surface area contributed by atoms with Gasteiger partial charge in [0.1, 0.15) is 0 Å². The summed E-state index contributed by atoms with van der Waals surface area (Å²) in [5, 5.41) is 0. The lowest BCUT2D eigenvalue weighted by Gasteiger charge is -2.42. The predicted molar refractivity (Wildman–Crippen MR) is 79.9 cm³/mol. The van der Waals surface area contributed by atoms with Crippen LogP contribution in [0.15, 0.2) is 0 Å². The number of nitrogens with zero attached hydrogens (tertiary/aromatic N) is 2. The highest BCUT2D eigenvalue weighted by molar-refractivity contribution is 5.82. The largest absolute Gasteiger partial charge is 0.347 e. The Balaban J connectivity index is 1.57. The Morgan fingerprint density at radius 3 is 2.62 bits per heavy atom. The first-order chi connectivity index (χ1) is 10.1. The van der Waals surface area contributed by atoms with Crippen molar-refractivity contribution in [2.45, 2.75) is 63.9 Å². The maximum atomic E-state index is 12.8. The minimum atomic E-state index is -0.410. The Hall–Kier alpha value is -0.650. The fourth-order valence-corrected chi connectivity index (χ4v) is 3.89. The highest BCUT2D eigenvalue weighted by Crippen LogP contribution is 2.34. The van der Waals surface area contributed by atoms with Gasteiger partial charge in [0.05, 0.1) is 18.8 Å². The Kier molecular flexibility index (Phi) is 4.52. The van der Waals surface area contributed by atoms with E-state index < -0.39 is 5.79 Å². The SMILES string of the molecule is CCN1CCCC[C@H]1C(=O)N1CCC2(CC1)OC[C@H](C)O2. The summed E-state index contributed by atoms with van der Waals surface area (Å²) in [5.74, 6) is -0.0924. The van der Waals surface area contributed by atoms with E-state index in [1.165, 1.54) is 12.8 Å². The molecule has 3 aliphatic rings. The van der Waals surface area contributed by atoms with Gasteiger partial charge in [-0.25, -0.2) is 0 Å². The van der Waals surface area contributed by atoms with Gasteiger partial charge in [0.25, 0.3) is 0 Å². The molecule has 0 saturated carbocycles. The Labute approximate surface area is 127 Å². The minimum absolute atomic E-state index is 0.0992. The topological polar surface area (TPSA) is 42.0 Å². The third-order valence-electron chi connectivity index (χ3n) is 5.14. The first-order valence-corrected chi connectivity index (χ1v) is 8.48. The number of rotatable bonds is 2. The van der Waals surface area contributed by atoms with Gasteiger partial charge in [0.15, 0.2) is 5.79 Å². The lowest BCUT2D eigenvalue weighted by molar-refractivity contribution is -0.195. The third kappa shape index (κ3) is 3.10. The lowest BCUT2D eigenvalue weighted by atomic mass is 9.98. The smallest absolute Gasteiger partial charge is 0.239 e. The molecular formula is C16H28N2O3. The fraction of sp³-hybridized carbons (Fsp3) is 0.938. The van der Waals surface area contributed by atoms with Crippen molar-refractivity contribution in [1.82, 2.24) is 9.80 Å². The maximum absolute atomic E-state index is 12.8. The number of carbonyl (C=O) groups is 1. The summed E-state index contributed by atoms with van der Waals surface area (Å²) in [6.07, 6.45) is 5.21. The van der Waals surface area contributed by atoms with Gasteiger partial charge >= 0.3 is 0 Å². The summed E-state index contributed by atoms with van der Waals surface area (Å²) in [6.45, 7) is 8.44. The van der Waals surface area contributed by atoms with Gasteiger partial charge in [-0.2, -0.15) is 0 Å². The molecule has 5 nitrogen and oxygen atoms in total. The van der Waals surface area contributed by atoms with Gasteiger partial charge in [-0.15, -0.1) is 0 Å². The van der Waals surface area contributed by atoms with Crippen LogP contribution in [0.1, 0.15) is 46.0 Å². The molecular weight excluding hydrogens is 268 g/mol. The zero-order chi connectivity index (χ0) is 14.9. The number of carbonyl (C=O) groups excluding carboxylic acids is 1. The standard InChI is InChI=1S/C16H28N2O3/c1-3-17-9-5-4-6-14(17)15(19)18-10-7-16(8-11-18)20-12-13(2)21-16/h13-14H,3-12H2,1-2H3/t13-,14-/m0/s1. The molecule has 3 aliphatic heterocycles. The second-order valence-corrected chi connectivity index (χ2v) is 6.62. The summed E-state index contributed by atoms with van der Waals surface area (Å²) in [4.78, 5) is 17.2. The van der Waals surface area contributed by atoms with Crippen molar-refractivity contribution >= 4 is 5.91 Å². The van der Waals surface area contributed by atoms with Crippen molar-refractivity contribution in [2.75, 3.05) is 32.8 Å². The minimum Gasteiger partial charge on any atom is -0.347 e. The van der Waals surface area contributed by atoms with Gasteiger partial charge < -0.3 is 14.4 Å². The number of amides is 1. The molecule has 0 aromatic carbocycles. The molecule has 1 spiro atoms. The van der Waals surface area contributed by atoms with Crippen LogP contribution in [0, 0.1) is 0 Å². The van der Waals surface area contributed by atoms with Crippen molar-refractivity contribution in [3.63, 3.8) is 0 Å². The van der Waals surface area contributed by atoms with Crippen LogP contribution < -0.4 is 0 Å². The van der Waals surface area contributed by atoms with E-state index in [0.29, 0.717) is 12.5 Å². The van der Waals surface area contributed by atoms with Crippen LogP contribution in [-0.4, -0.2) is 66.4 Å².